The fourth-order valence-corrected chi connectivity index (χ4v) is 3.42. The van der Waals surface area contributed by atoms with Crippen molar-refractivity contribution in [1.29, 1.82) is 0 Å². The molecule has 6 nitrogen and oxygen atoms in total. The largest absolute Gasteiger partial charge is 0.493 e. The third kappa shape index (κ3) is 2.78. The van der Waals surface area contributed by atoms with Gasteiger partial charge in [0.15, 0.2) is 0 Å². The molecular formula is C18H22N4O2. The number of ether oxygens (including phenoxy) is 1. The SMILES string of the molecule is C[C@H](C(=O)N[C@H]1CCOc2ccccc21)N1CC(n2cccn2)C1. The second-order valence-electron chi connectivity index (χ2n) is 6.51. The molecule has 0 unspecified atom stereocenters. The topological polar surface area (TPSA) is 59.4 Å². The van der Waals surface area contributed by atoms with Crippen LogP contribution in [0, 0.1) is 0 Å². The normalized spacial score (nSPS) is 22.1. The van der Waals surface area contributed by atoms with E-state index in [1.54, 1.807) is 6.20 Å². The average molecular weight is 326 g/mol. The molecule has 1 fully saturated rings. The summed E-state index contributed by atoms with van der Waals surface area (Å²) in [6.45, 7) is 4.34. The smallest absolute Gasteiger partial charge is 0.237 e. The summed E-state index contributed by atoms with van der Waals surface area (Å²) in [6, 6.07) is 10.1. The highest BCUT2D eigenvalue weighted by atomic mass is 16.5. The number of hydrogen-bond acceptors (Lipinski definition) is 4. The van der Waals surface area contributed by atoms with Crippen LogP contribution in [0.4, 0.5) is 0 Å². The number of likely N-dealkylation sites (tertiary alicyclic amines) is 1. The first-order valence-corrected chi connectivity index (χ1v) is 8.47. The van der Waals surface area contributed by atoms with Crippen molar-refractivity contribution in [2.45, 2.75) is 31.5 Å². The molecule has 6 heteroatoms. The van der Waals surface area contributed by atoms with Gasteiger partial charge in [-0.05, 0) is 19.1 Å². The van der Waals surface area contributed by atoms with Gasteiger partial charge in [0.25, 0.3) is 0 Å². The molecular weight excluding hydrogens is 304 g/mol. The highest BCUT2D eigenvalue weighted by molar-refractivity contribution is 5.82. The summed E-state index contributed by atoms with van der Waals surface area (Å²) in [5, 5.41) is 7.46. The minimum Gasteiger partial charge on any atom is -0.493 e. The Morgan fingerprint density at radius 3 is 2.96 bits per heavy atom. The highest BCUT2D eigenvalue weighted by Crippen LogP contribution is 2.32. The predicted octanol–water partition coefficient (Wildman–Crippen LogP) is 1.77. The first kappa shape index (κ1) is 15.2. The Balaban J connectivity index is 1.35. The molecule has 1 amide bonds. The second kappa shape index (κ2) is 6.28. The first-order valence-electron chi connectivity index (χ1n) is 8.47. The number of para-hydroxylation sites is 1. The van der Waals surface area contributed by atoms with Crippen LogP contribution in [0.25, 0.3) is 0 Å². The predicted molar refractivity (Wildman–Crippen MR) is 89.7 cm³/mol. The fraction of sp³-hybridized carbons (Fsp3) is 0.444. The van der Waals surface area contributed by atoms with Gasteiger partial charge in [-0.2, -0.15) is 5.10 Å². The van der Waals surface area contributed by atoms with Gasteiger partial charge < -0.3 is 10.1 Å². The van der Waals surface area contributed by atoms with E-state index in [0.29, 0.717) is 12.6 Å². The van der Waals surface area contributed by atoms with Crippen molar-refractivity contribution in [3.05, 3.63) is 48.3 Å². The van der Waals surface area contributed by atoms with Crippen LogP contribution in [0.5, 0.6) is 5.75 Å². The van der Waals surface area contributed by atoms with E-state index in [0.717, 1.165) is 30.8 Å². The Morgan fingerprint density at radius 1 is 1.33 bits per heavy atom. The molecule has 0 saturated carbocycles. The van der Waals surface area contributed by atoms with Gasteiger partial charge in [-0.15, -0.1) is 0 Å². The van der Waals surface area contributed by atoms with E-state index in [9.17, 15) is 4.79 Å². The van der Waals surface area contributed by atoms with Crippen LogP contribution in [0.15, 0.2) is 42.7 Å². The maximum atomic E-state index is 12.6. The summed E-state index contributed by atoms with van der Waals surface area (Å²) in [4.78, 5) is 14.8. The molecule has 3 heterocycles. The van der Waals surface area contributed by atoms with Crippen LogP contribution >= 0.6 is 0 Å². The van der Waals surface area contributed by atoms with Crippen LogP contribution in [0.2, 0.25) is 0 Å². The van der Waals surface area contributed by atoms with Crippen molar-refractivity contribution >= 4 is 5.91 Å². The number of fused-ring (bicyclic) bond motifs is 1. The van der Waals surface area contributed by atoms with Crippen LogP contribution < -0.4 is 10.1 Å². The highest BCUT2D eigenvalue weighted by Gasteiger charge is 2.35. The molecule has 2 aliphatic rings. The zero-order chi connectivity index (χ0) is 16.5. The number of carbonyl (C=O) groups is 1. The molecule has 2 aliphatic heterocycles. The number of rotatable bonds is 4. The molecule has 0 aliphatic carbocycles. The Morgan fingerprint density at radius 2 is 2.17 bits per heavy atom. The van der Waals surface area contributed by atoms with Gasteiger partial charge in [0.05, 0.1) is 24.7 Å². The number of aromatic nitrogens is 2. The molecule has 2 atom stereocenters. The van der Waals surface area contributed by atoms with Crippen LogP contribution in [-0.4, -0.2) is 46.3 Å². The summed E-state index contributed by atoms with van der Waals surface area (Å²) < 4.78 is 7.63. The molecule has 1 aromatic carbocycles. The van der Waals surface area contributed by atoms with E-state index >= 15 is 0 Å². The maximum Gasteiger partial charge on any atom is 0.237 e. The Kier molecular flexibility index (Phi) is 3.98. The molecule has 2 aromatic rings. The van der Waals surface area contributed by atoms with E-state index < -0.39 is 0 Å². The van der Waals surface area contributed by atoms with Gasteiger partial charge in [-0.25, -0.2) is 0 Å². The number of nitrogens with zero attached hydrogens (tertiary/aromatic N) is 3. The summed E-state index contributed by atoms with van der Waals surface area (Å²) in [5.41, 5.74) is 1.07. The van der Waals surface area contributed by atoms with E-state index in [4.69, 9.17) is 4.74 Å². The second-order valence-corrected chi connectivity index (χ2v) is 6.51. The lowest BCUT2D eigenvalue weighted by molar-refractivity contribution is -0.129. The van der Waals surface area contributed by atoms with Crippen molar-refractivity contribution in [1.82, 2.24) is 20.0 Å². The molecule has 0 bridgehead atoms. The number of hydrogen-bond donors (Lipinski definition) is 1. The molecule has 1 aromatic heterocycles. The van der Waals surface area contributed by atoms with Crippen molar-refractivity contribution < 1.29 is 9.53 Å². The van der Waals surface area contributed by atoms with E-state index in [1.165, 1.54) is 0 Å². The monoisotopic (exact) mass is 326 g/mol. The standard InChI is InChI=1S/C18H22N4O2/c1-13(21-11-14(12-21)22-9-4-8-19-22)18(23)20-16-7-10-24-17-6-3-2-5-15(16)17/h2-6,8-9,13-14,16H,7,10-12H2,1H3,(H,20,23)/t13-,16+/m1/s1. The lowest BCUT2D eigenvalue weighted by atomic mass is 9.99. The first-order chi connectivity index (χ1) is 11.7. The molecule has 0 radical (unpaired) electrons. The van der Waals surface area contributed by atoms with E-state index in [1.807, 2.05) is 48.1 Å². The molecule has 4 rings (SSSR count). The Bertz CT molecular complexity index is 710. The molecule has 0 spiro atoms. The van der Waals surface area contributed by atoms with Gasteiger partial charge in [0.1, 0.15) is 5.75 Å². The molecule has 1 N–H and O–H groups in total. The van der Waals surface area contributed by atoms with E-state index in [2.05, 4.69) is 15.3 Å². The Hall–Kier alpha value is -2.34. The lowest BCUT2D eigenvalue weighted by Crippen LogP contribution is -2.56. The van der Waals surface area contributed by atoms with Crippen LogP contribution in [0.3, 0.4) is 0 Å². The quantitative estimate of drug-likeness (QED) is 0.930. The van der Waals surface area contributed by atoms with Gasteiger partial charge in [-0.3, -0.25) is 14.4 Å². The third-order valence-corrected chi connectivity index (χ3v) is 4.99. The number of carbonyl (C=O) groups excluding carboxylic acids is 1. The van der Waals surface area contributed by atoms with Crippen molar-refractivity contribution in [3.63, 3.8) is 0 Å². The van der Waals surface area contributed by atoms with Gasteiger partial charge >= 0.3 is 0 Å². The zero-order valence-electron chi connectivity index (χ0n) is 13.8. The molecule has 24 heavy (non-hydrogen) atoms. The summed E-state index contributed by atoms with van der Waals surface area (Å²) >= 11 is 0. The van der Waals surface area contributed by atoms with E-state index in [-0.39, 0.29) is 18.0 Å². The van der Waals surface area contributed by atoms with Crippen LogP contribution in [-0.2, 0) is 4.79 Å². The number of benzene rings is 1. The average Bonchev–Trinajstić information content (AvgIpc) is 3.08. The van der Waals surface area contributed by atoms with Gasteiger partial charge in [0, 0.05) is 37.5 Å². The Labute approximate surface area is 141 Å². The number of amides is 1. The number of nitrogens with one attached hydrogen (secondary N) is 1. The lowest BCUT2D eigenvalue weighted by Gasteiger charge is -2.42. The molecule has 126 valence electrons. The zero-order valence-corrected chi connectivity index (χ0v) is 13.8. The fourth-order valence-electron chi connectivity index (χ4n) is 3.42. The third-order valence-electron chi connectivity index (χ3n) is 4.99. The van der Waals surface area contributed by atoms with Crippen molar-refractivity contribution in [3.8, 4) is 5.75 Å². The van der Waals surface area contributed by atoms with Crippen molar-refractivity contribution in [2.24, 2.45) is 0 Å². The molecule has 1 saturated heterocycles. The van der Waals surface area contributed by atoms with Gasteiger partial charge in [0.2, 0.25) is 5.91 Å². The maximum absolute atomic E-state index is 12.6. The summed E-state index contributed by atoms with van der Waals surface area (Å²) in [7, 11) is 0. The minimum atomic E-state index is -0.133. The summed E-state index contributed by atoms with van der Waals surface area (Å²) in [5.74, 6) is 0.958. The van der Waals surface area contributed by atoms with Crippen LogP contribution in [0.1, 0.15) is 31.0 Å². The summed E-state index contributed by atoms with van der Waals surface area (Å²) in [6.07, 6.45) is 4.58. The minimum absolute atomic E-state index is 0.0353. The van der Waals surface area contributed by atoms with Crippen molar-refractivity contribution in [2.75, 3.05) is 19.7 Å². The van der Waals surface area contributed by atoms with Gasteiger partial charge in [-0.1, -0.05) is 18.2 Å².